The Balaban J connectivity index is 1.96. The summed E-state index contributed by atoms with van der Waals surface area (Å²) in [5.74, 6) is 1.41. The maximum Gasteiger partial charge on any atom is 0.215 e. The van der Waals surface area contributed by atoms with Crippen molar-refractivity contribution in [2.45, 2.75) is 19.1 Å². The van der Waals surface area contributed by atoms with E-state index in [1.807, 2.05) is 49.4 Å². The first-order valence-electron chi connectivity index (χ1n) is 7.67. The molecule has 0 aliphatic carbocycles. The molecule has 0 radical (unpaired) electrons. The second-order valence-corrected chi connectivity index (χ2v) is 7.37. The zero-order valence-electron chi connectivity index (χ0n) is 14.2. The molecule has 0 aliphatic rings. The molecule has 0 spiro atoms. The van der Waals surface area contributed by atoms with Gasteiger partial charge in [-0.15, -0.1) is 0 Å². The van der Waals surface area contributed by atoms with Crippen LogP contribution in [-0.4, -0.2) is 29.2 Å². The Morgan fingerprint density at radius 2 is 1.71 bits per heavy atom. The molecule has 0 saturated heterocycles. The standard InChI is InChI=1S/C18H23NO4S/c1-14-4-6-15(7-5-14)13-24(20,21)19-11-10-16-12-17(22-2)8-9-18(16)23-3/h4-9,12,19H,10-11,13H2,1-3H3. The molecule has 0 fully saturated rings. The van der Waals surface area contributed by atoms with Crippen molar-refractivity contribution >= 4 is 10.0 Å². The summed E-state index contributed by atoms with van der Waals surface area (Å²) in [6, 6.07) is 13.0. The van der Waals surface area contributed by atoms with Crippen molar-refractivity contribution in [3.63, 3.8) is 0 Å². The van der Waals surface area contributed by atoms with Crippen LogP contribution in [0.2, 0.25) is 0 Å². The predicted octanol–water partition coefficient (Wildman–Crippen LogP) is 2.67. The smallest absolute Gasteiger partial charge is 0.215 e. The summed E-state index contributed by atoms with van der Waals surface area (Å²) in [7, 11) is -0.192. The van der Waals surface area contributed by atoms with E-state index in [1.54, 1.807) is 14.2 Å². The van der Waals surface area contributed by atoms with Crippen LogP contribution in [0.5, 0.6) is 11.5 Å². The van der Waals surface area contributed by atoms with Crippen molar-refractivity contribution in [1.82, 2.24) is 4.72 Å². The van der Waals surface area contributed by atoms with Crippen LogP contribution in [-0.2, 0) is 22.2 Å². The van der Waals surface area contributed by atoms with Crippen molar-refractivity contribution in [2.24, 2.45) is 0 Å². The molecule has 2 aromatic carbocycles. The van der Waals surface area contributed by atoms with Gasteiger partial charge in [-0.2, -0.15) is 0 Å². The molecule has 0 aliphatic heterocycles. The van der Waals surface area contributed by atoms with Crippen LogP contribution in [0, 0.1) is 6.92 Å². The molecule has 0 saturated carbocycles. The Morgan fingerprint density at radius 1 is 1.00 bits per heavy atom. The van der Waals surface area contributed by atoms with Crippen LogP contribution >= 0.6 is 0 Å². The molecular formula is C18H23NO4S. The molecule has 130 valence electrons. The minimum Gasteiger partial charge on any atom is -0.497 e. The summed E-state index contributed by atoms with van der Waals surface area (Å²) in [5, 5.41) is 0. The van der Waals surface area contributed by atoms with Gasteiger partial charge in [-0.05, 0) is 42.7 Å². The fraction of sp³-hybridized carbons (Fsp3) is 0.333. The Labute approximate surface area is 143 Å². The van der Waals surface area contributed by atoms with E-state index in [9.17, 15) is 8.42 Å². The molecule has 6 heteroatoms. The molecule has 2 aromatic rings. The monoisotopic (exact) mass is 349 g/mol. The van der Waals surface area contributed by atoms with Crippen LogP contribution in [0.1, 0.15) is 16.7 Å². The lowest BCUT2D eigenvalue weighted by atomic mass is 10.1. The first kappa shape index (κ1) is 18.3. The number of sulfonamides is 1. The predicted molar refractivity (Wildman–Crippen MR) is 95.1 cm³/mol. The van der Waals surface area contributed by atoms with E-state index in [0.29, 0.717) is 24.5 Å². The third-order valence-corrected chi connectivity index (χ3v) is 5.04. The summed E-state index contributed by atoms with van der Waals surface area (Å²) < 4.78 is 37.5. The summed E-state index contributed by atoms with van der Waals surface area (Å²) >= 11 is 0. The molecule has 0 bridgehead atoms. The van der Waals surface area contributed by atoms with Crippen LogP contribution < -0.4 is 14.2 Å². The quantitative estimate of drug-likeness (QED) is 0.796. The normalized spacial score (nSPS) is 11.3. The van der Waals surface area contributed by atoms with E-state index in [-0.39, 0.29) is 5.75 Å². The number of rotatable bonds is 8. The molecule has 5 nitrogen and oxygen atoms in total. The van der Waals surface area contributed by atoms with Gasteiger partial charge in [0.25, 0.3) is 0 Å². The third kappa shape index (κ3) is 5.25. The van der Waals surface area contributed by atoms with E-state index in [2.05, 4.69) is 4.72 Å². The zero-order chi connectivity index (χ0) is 17.6. The van der Waals surface area contributed by atoms with E-state index in [4.69, 9.17) is 9.47 Å². The number of methoxy groups -OCH3 is 2. The van der Waals surface area contributed by atoms with Crippen molar-refractivity contribution in [1.29, 1.82) is 0 Å². The van der Waals surface area contributed by atoms with Gasteiger partial charge in [0.15, 0.2) is 0 Å². The average Bonchev–Trinajstić information content (AvgIpc) is 2.56. The fourth-order valence-corrected chi connectivity index (χ4v) is 3.52. The summed E-state index contributed by atoms with van der Waals surface area (Å²) in [4.78, 5) is 0. The van der Waals surface area contributed by atoms with Gasteiger partial charge in [-0.1, -0.05) is 29.8 Å². The zero-order valence-corrected chi connectivity index (χ0v) is 15.0. The molecule has 0 heterocycles. The molecule has 24 heavy (non-hydrogen) atoms. The van der Waals surface area contributed by atoms with E-state index >= 15 is 0 Å². The largest absolute Gasteiger partial charge is 0.497 e. The highest BCUT2D eigenvalue weighted by Crippen LogP contribution is 2.24. The summed E-state index contributed by atoms with van der Waals surface area (Å²) in [6.45, 7) is 2.27. The summed E-state index contributed by atoms with van der Waals surface area (Å²) in [5.41, 5.74) is 2.77. The van der Waals surface area contributed by atoms with Gasteiger partial charge in [-0.3, -0.25) is 0 Å². The minimum absolute atomic E-state index is 0.0253. The van der Waals surface area contributed by atoms with Gasteiger partial charge in [0.05, 0.1) is 20.0 Å². The highest BCUT2D eigenvalue weighted by atomic mass is 32.2. The minimum atomic E-state index is -3.37. The van der Waals surface area contributed by atoms with E-state index in [1.165, 1.54) is 0 Å². The number of hydrogen-bond donors (Lipinski definition) is 1. The van der Waals surface area contributed by atoms with E-state index in [0.717, 1.165) is 16.7 Å². The lowest BCUT2D eigenvalue weighted by Crippen LogP contribution is -2.27. The first-order valence-corrected chi connectivity index (χ1v) is 9.32. The highest BCUT2D eigenvalue weighted by molar-refractivity contribution is 7.88. The van der Waals surface area contributed by atoms with Crippen LogP contribution in [0.25, 0.3) is 0 Å². The van der Waals surface area contributed by atoms with Gasteiger partial charge >= 0.3 is 0 Å². The number of aryl methyl sites for hydroxylation is 1. The van der Waals surface area contributed by atoms with Crippen molar-refractivity contribution in [3.05, 3.63) is 59.2 Å². The average molecular weight is 349 g/mol. The topological polar surface area (TPSA) is 64.6 Å². The molecule has 0 unspecified atom stereocenters. The Hall–Kier alpha value is -2.05. The van der Waals surface area contributed by atoms with Crippen LogP contribution in [0.4, 0.5) is 0 Å². The second kappa shape index (κ2) is 8.17. The van der Waals surface area contributed by atoms with Gasteiger partial charge in [0.1, 0.15) is 11.5 Å². The van der Waals surface area contributed by atoms with Crippen molar-refractivity contribution in [2.75, 3.05) is 20.8 Å². The Bertz CT molecular complexity index is 770. The van der Waals surface area contributed by atoms with Crippen molar-refractivity contribution < 1.29 is 17.9 Å². The number of ether oxygens (including phenoxy) is 2. The van der Waals surface area contributed by atoms with Gasteiger partial charge in [-0.25, -0.2) is 13.1 Å². The van der Waals surface area contributed by atoms with Gasteiger partial charge in [0.2, 0.25) is 10.0 Å². The third-order valence-electron chi connectivity index (χ3n) is 3.68. The SMILES string of the molecule is COc1ccc(OC)c(CCNS(=O)(=O)Cc2ccc(C)cc2)c1. The lowest BCUT2D eigenvalue weighted by molar-refractivity contribution is 0.398. The lowest BCUT2D eigenvalue weighted by Gasteiger charge is -2.11. The Morgan fingerprint density at radius 3 is 2.33 bits per heavy atom. The fourth-order valence-electron chi connectivity index (χ4n) is 2.37. The van der Waals surface area contributed by atoms with Crippen LogP contribution in [0.15, 0.2) is 42.5 Å². The Kier molecular flexibility index (Phi) is 6.23. The molecule has 0 atom stereocenters. The van der Waals surface area contributed by atoms with Crippen molar-refractivity contribution in [3.8, 4) is 11.5 Å². The molecular weight excluding hydrogens is 326 g/mol. The number of nitrogens with one attached hydrogen (secondary N) is 1. The van der Waals surface area contributed by atoms with Crippen LogP contribution in [0.3, 0.4) is 0 Å². The first-order chi connectivity index (χ1) is 11.4. The van der Waals surface area contributed by atoms with Gasteiger partial charge < -0.3 is 9.47 Å². The molecule has 2 rings (SSSR count). The maximum atomic E-state index is 12.2. The second-order valence-electron chi connectivity index (χ2n) is 5.57. The van der Waals surface area contributed by atoms with E-state index < -0.39 is 10.0 Å². The number of hydrogen-bond acceptors (Lipinski definition) is 4. The maximum absolute atomic E-state index is 12.2. The molecule has 1 N–H and O–H groups in total. The molecule has 0 amide bonds. The molecule has 0 aromatic heterocycles. The number of benzene rings is 2. The highest BCUT2D eigenvalue weighted by Gasteiger charge is 2.12. The van der Waals surface area contributed by atoms with Gasteiger partial charge in [0, 0.05) is 6.54 Å². The summed E-state index contributed by atoms with van der Waals surface area (Å²) in [6.07, 6.45) is 0.521.